The van der Waals surface area contributed by atoms with Crippen molar-refractivity contribution in [3.63, 3.8) is 0 Å². The largest absolute Gasteiger partial charge is 0.356 e. The summed E-state index contributed by atoms with van der Waals surface area (Å²) in [5, 5.41) is 0. The van der Waals surface area contributed by atoms with Gasteiger partial charge in [-0.05, 0) is 6.42 Å². The molecule has 1 saturated heterocycles. The van der Waals surface area contributed by atoms with Gasteiger partial charge in [0.15, 0.2) is 5.85 Å². The van der Waals surface area contributed by atoms with Crippen molar-refractivity contribution >= 4 is 7.60 Å². The molecule has 78 valence electrons. The smallest absolute Gasteiger partial charge is 0.356 e. The Kier molecular flexibility index (Phi) is 3.92. The third-order valence-corrected chi connectivity index (χ3v) is 3.35. The van der Waals surface area contributed by atoms with Crippen LogP contribution in [0, 0.1) is 0 Å². The van der Waals surface area contributed by atoms with Gasteiger partial charge in [-0.1, -0.05) is 32.6 Å². The van der Waals surface area contributed by atoms with Gasteiger partial charge in [0.1, 0.15) is 0 Å². The zero-order valence-corrected chi connectivity index (χ0v) is 8.74. The van der Waals surface area contributed by atoms with Crippen molar-refractivity contribution in [3.8, 4) is 0 Å². The van der Waals surface area contributed by atoms with Crippen LogP contribution in [0.4, 0.5) is 0 Å². The van der Waals surface area contributed by atoms with Gasteiger partial charge in [0.25, 0.3) is 0 Å². The molecule has 0 aromatic carbocycles. The van der Waals surface area contributed by atoms with Crippen LogP contribution in [-0.2, 0) is 9.30 Å². The van der Waals surface area contributed by atoms with Gasteiger partial charge >= 0.3 is 7.60 Å². The molecule has 0 bridgehead atoms. The Labute approximate surface area is 78.5 Å². The Bertz CT molecular complexity index is 200. The first-order valence-corrected chi connectivity index (χ1v) is 6.44. The molecule has 0 spiro atoms. The first-order valence-electron chi connectivity index (χ1n) is 4.76. The van der Waals surface area contributed by atoms with Crippen LogP contribution in [-0.4, -0.2) is 21.7 Å². The third-order valence-electron chi connectivity index (χ3n) is 2.23. The summed E-state index contributed by atoms with van der Waals surface area (Å²) in [5.41, 5.74) is 0. The van der Waals surface area contributed by atoms with Crippen LogP contribution in [0.3, 0.4) is 0 Å². The monoisotopic (exact) mass is 208 g/mol. The second-order valence-corrected chi connectivity index (χ2v) is 5.19. The average molecular weight is 208 g/mol. The van der Waals surface area contributed by atoms with Crippen molar-refractivity contribution in [2.24, 2.45) is 0 Å². The van der Waals surface area contributed by atoms with Crippen LogP contribution < -0.4 is 0 Å². The second kappa shape index (κ2) is 4.56. The molecule has 0 radical (unpaired) electrons. The van der Waals surface area contributed by atoms with Gasteiger partial charge in [0.2, 0.25) is 0 Å². The molecule has 2 unspecified atom stereocenters. The number of unbranched alkanes of at least 4 members (excludes halogenated alkanes) is 3. The SMILES string of the molecule is CCCCCCC1OC1P(=O)(O)O. The maximum absolute atomic E-state index is 10.7. The molecular formula is C8H17O4P. The Morgan fingerprint density at radius 3 is 2.46 bits per heavy atom. The van der Waals surface area contributed by atoms with Crippen molar-refractivity contribution in [3.05, 3.63) is 0 Å². The summed E-state index contributed by atoms with van der Waals surface area (Å²) >= 11 is 0. The van der Waals surface area contributed by atoms with Crippen LogP contribution in [0.2, 0.25) is 0 Å². The normalized spacial score (nSPS) is 27.6. The van der Waals surface area contributed by atoms with Gasteiger partial charge in [0.05, 0.1) is 6.10 Å². The molecule has 2 N–H and O–H groups in total. The van der Waals surface area contributed by atoms with Crippen molar-refractivity contribution < 1.29 is 19.1 Å². The van der Waals surface area contributed by atoms with Crippen LogP contribution in [0.5, 0.6) is 0 Å². The zero-order chi connectivity index (χ0) is 9.90. The highest BCUT2D eigenvalue weighted by Crippen LogP contribution is 2.54. The number of rotatable bonds is 6. The highest BCUT2D eigenvalue weighted by atomic mass is 31.2. The highest BCUT2D eigenvalue weighted by Gasteiger charge is 2.50. The quantitative estimate of drug-likeness (QED) is 0.397. The molecule has 13 heavy (non-hydrogen) atoms. The molecule has 0 amide bonds. The minimum Gasteiger partial charge on any atom is -0.356 e. The van der Waals surface area contributed by atoms with E-state index in [2.05, 4.69) is 6.92 Å². The molecule has 1 aliphatic rings. The van der Waals surface area contributed by atoms with Crippen molar-refractivity contribution in [2.45, 2.75) is 51.0 Å². The van der Waals surface area contributed by atoms with Gasteiger partial charge in [-0.25, -0.2) is 0 Å². The zero-order valence-electron chi connectivity index (χ0n) is 7.85. The molecule has 1 heterocycles. The summed E-state index contributed by atoms with van der Waals surface area (Å²) in [6, 6.07) is 0. The highest BCUT2D eigenvalue weighted by molar-refractivity contribution is 7.52. The van der Waals surface area contributed by atoms with Gasteiger partial charge in [-0.15, -0.1) is 0 Å². The van der Waals surface area contributed by atoms with E-state index in [1.807, 2.05) is 0 Å². The summed E-state index contributed by atoms with van der Waals surface area (Å²) in [6.07, 6.45) is 5.10. The van der Waals surface area contributed by atoms with E-state index >= 15 is 0 Å². The van der Waals surface area contributed by atoms with E-state index in [-0.39, 0.29) is 6.10 Å². The molecule has 2 atom stereocenters. The maximum Gasteiger partial charge on any atom is 0.356 e. The van der Waals surface area contributed by atoms with Crippen molar-refractivity contribution in [2.75, 3.05) is 0 Å². The first kappa shape index (κ1) is 11.2. The predicted molar refractivity (Wildman–Crippen MR) is 49.5 cm³/mol. The van der Waals surface area contributed by atoms with E-state index in [9.17, 15) is 4.57 Å². The van der Waals surface area contributed by atoms with Crippen LogP contribution in [0.15, 0.2) is 0 Å². The number of ether oxygens (including phenoxy) is 1. The Morgan fingerprint density at radius 1 is 1.31 bits per heavy atom. The minimum atomic E-state index is -3.96. The minimum absolute atomic E-state index is 0.183. The molecular weight excluding hydrogens is 191 g/mol. The molecule has 5 heteroatoms. The van der Waals surface area contributed by atoms with Gasteiger partial charge < -0.3 is 14.5 Å². The van der Waals surface area contributed by atoms with E-state index in [0.29, 0.717) is 0 Å². The maximum atomic E-state index is 10.7. The topological polar surface area (TPSA) is 70.1 Å². The fourth-order valence-corrected chi connectivity index (χ4v) is 2.31. The summed E-state index contributed by atoms with van der Waals surface area (Å²) in [7, 11) is -3.96. The number of epoxide rings is 1. The second-order valence-electron chi connectivity index (χ2n) is 3.50. The van der Waals surface area contributed by atoms with E-state index in [0.717, 1.165) is 19.3 Å². The lowest BCUT2D eigenvalue weighted by atomic mass is 10.1. The Morgan fingerprint density at radius 2 is 2.00 bits per heavy atom. The number of hydrogen-bond acceptors (Lipinski definition) is 2. The predicted octanol–water partition coefficient (Wildman–Crippen LogP) is 1.86. The third kappa shape index (κ3) is 3.77. The summed E-state index contributed by atoms with van der Waals surface area (Å²) in [6.45, 7) is 2.13. The Balaban J connectivity index is 2.05. The van der Waals surface area contributed by atoms with Crippen molar-refractivity contribution in [1.29, 1.82) is 0 Å². The molecule has 4 nitrogen and oxygen atoms in total. The average Bonchev–Trinajstić information content (AvgIpc) is 2.76. The lowest BCUT2D eigenvalue weighted by molar-refractivity contribution is 0.328. The number of hydrogen-bond donors (Lipinski definition) is 2. The van der Waals surface area contributed by atoms with Crippen LogP contribution in [0.1, 0.15) is 39.0 Å². The van der Waals surface area contributed by atoms with Gasteiger partial charge in [-0.2, -0.15) is 0 Å². The summed E-state index contributed by atoms with van der Waals surface area (Å²) in [5.74, 6) is -0.797. The van der Waals surface area contributed by atoms with Gasteiger partial charge in [-0.3, -0.25) is 4.57 Å². The molecule has 0 aliphatic carbocycles. The first-order chi connectivity index (χ1) is 6.05. The van der Waals surface area contributed by atoms with Gasteiger partial charge in [0, 0.05) is 0 Å². The van der Waals surface area contributed by atoms with Crippen LogP contribution in [0.25, 0.3) is 0 Å². The molecule has 0 aromatic heterocycles. The summed E-state index contributed by atoms with van der Waals surface area (Å²) in [4.78, 5) is 17.4. The molecule has 1 rings (SSSR count). The van der Waals surface area contributed by atoms with E-state index < -0.39 is 13.4 Å². The molecule has 0 saturated carbocycles. The lowest BCUT2D eigenvalue weighted by Crippen LogP contribution is -1.95. The molecule has 1 fully saturated rings. The van der Waals surface area contributed by atoms with Crippen LogP contribution >= 0.6 is 7.60 Å². The molecule has 0 aromatic rings. The fourth-order valence-electron chi connectivity index (χ4n) is 1.41. The van der Waals surface area contributed by atoms with Crippen molar-refractivity contribution in [1.82, 2.24) is 0 Å². The fraction of sp³-hybridized carbons (Fsp3) is 1.00. The Hall–Kier alpha value is 0.110. The van der Waals surface area contributed by atoms with E-state index in [4.69, 9.17) is 14.5 Å². The van der Waals surface area contributed by atoms with E-state index in [1.165, 1.54) is 12.8 Å². The summed E-state index contributed by atoms with van der Waals surface area (Å²) < 4.78 is 15.6. The molecule has 1 aliphatic heterocycles. The lowest BCUT2D eigenvalue weighted by Gasteiger charge is -1.98. The van der Waals surface area contributed by atoms with E-state index in [1.54, 1.807) is 0 Å². The standard InChI is InChI=1S/C8H17O4P/c1-2-3-4-5-6-7-8(12-7)13(9,10)11/h7-8H,2-6H2,1H3,(H2,9,10,11).